The Balaban J connectivity index is 3.27. The summed E-state index contributed by atoms with van der Waals surface area (Å²) < 4.78 is 0. The molecule has 1 atom stereocenters. The normalized spacial score (nSPS) is 12.8. The van der Waals surface area contributed by atoms with E-state index in [9.17, 15) is 4.79 Å². The smallest absolute Gasteiger partial charge is 0.149 e. The van der Waals surface area contributed by atoms with Gasteiger partial charge in [-0.1, -0.05) is 39.5 Å². The largest absolute Gasteiger partial charge is 0.322 e. The topological polar surface area (TPSA) is 43.1 Å². The minimum atomic E-state index is -0.217. The maximum atomic E-state index is 11.3. The molecule has 78 valence electrons. The standard InChI is InChI=1S/C11H23NO/c1-3-5-6-7-8-9-11(13)10(12)4-2/h10H,3-9,12H2,1-2H3. The number of Topliss-reactive ketones (excluding diaryl/α,β-unsaturated/α-hetero) is 1. The quantitative estimate of drug-likeness (QED) is 0.591. The lowest BCUT2D eigenvalue weighted by Crippen LogP contribution is -2.29. The van der Waals surface area contributed by atoms with E-state index in [-0.39, 0.29) is 11.8 Å². The molecule has 0 amide bonds. The molecule has 0 aliphatic heterocycles. The third-order valence-electron chi connectivity index (χ3n) is 2.38. The molecule has 0 saturated heterocycles. The van der Waals surface area contributed by atoms with Gasteiger partial charge >= 0.3 is 0 Å². The van der Waals surface area contributed by atoms with Crippen molar-refractivity contribution in [1.29, 1.82) is 0 Å². The van der Waals surface area contributed by atoms with Gasteiger partial charge < -0.3 is 5.73 Å². The van der Waals surface area contributed by atoms with Gasteiger partial charge in [-0.2, -0.15) is 0 Å². The lowest BCUT2D eigenvalue weighted by Gasteiger charge is -2.06. The number of carbonyl (C=O) groups is 1. The van der Waals surface area contributed by atoms with Gasteiger partial charge in [0.1, 0.15) is 5.78 Å². The molecule has 0 aromatic carbocycles. The summed E-state index contributed by atoms with van der Waals surface area (Å²) >= 11 is 0. The zero-order valence-corrected chi connectivity index (χ0v) is 9.01. The Kier molecular flexibility index (Phi) is 8.00. The number of carbonyl (C=O) groups excluding carboxylic acids is 1. The third-order valence-corrected chi connectivity index (χ3v) is 2.38. The molecule has 13 heavy (non-hydrogen) atoms. The van der Waals surface area contributed by atoms with E-state index in [2.05, 4.69) is 6.92 Å². The molecule has 0 saturated carbocycles. The van der Waals surface area contributed by atoms with Crippen LogP contribution in [0, 0.1) is 0 Å². The first-order chi connectivity index (χ1) is 6.22. The van der Waals surface area contributed by atoms with Gasteiger partial charge in [-0.3, -0.25) is 4.79 Å². The molecule has 0 fully saturated rings. The highest BCUT2D eigenvalue weighted by Gasteiger charge is 2.09. The van der Waals surface area contributed by atoms with E-state index in [4.69, 9.17) is 5.73 Å². The third kappa shape index (κ3) is 6.76. The van der Waals surface area contributed by atoms with E-state index < -0.39 is 0 Å². The van der Waals surface area contributed by atoms with E-state index in [0.29, 0.717) is 6.42 Å². The first-order valence-corrected chi connectivity index (χ1v) is 5.50. The Morgan fingerprint density at radius 3 is 2.31 bits per heavy atom. The van der Waals surface area contributed by atoms with E-state index in [1.165, 1.54) is 25.7 Å². The highest BCUT2D eigenvalue weighted by atomic mass is 16.1. The van der Waals surface area contributed by atoms with Crippen molar-refractivity contribution in [3.05, 3.63) is 0 Å². The summed E-state index contributed by atoms with van der Waals surface area (Å²) in [6.45, 7) is 4.15. The number of hydrogen-bond donors (Lipinski definition) is 1. The molecule has 0 radical (unpaired) electrons. The van der Waals surface area contributed by atoms with Crippen LogP contribution in [0.1, 0.15) is 58.8 Å². The number of nitrogens with two attached hydrogens (primary N) is 1. The van der Waals surface area contributed by atoms with E-state index in [0.717, 1.165) is 12.8 Å². The number of ketones is 1. The molecule has 2 N–H and O–H groups in total. The van der Waals surface area contributed by atoms with Crippen LogP contribution < -0.4 is 5.73 Å². The fraction of sp³-hybridized carbons (Fsp3) is 0.909. The maximum Gasteiger partial charge on any atom is 0.149 e. The second kappa shape index (κ2) is 8.24. The minimum absolute atomic E-state index is 0.217. The monoisotopic (exact) mass is 185 g/mol. The van der Waals surface area contributed by atoms with Crippen molar-refractivity contribution in [2.24, 2.45) is 5.73 Å². The van der Waals surface area contributed by atoms with Crippen LogP contribution in [0.5, 0.6) is 0 Å². The molecule has 0 aliphatic rings. The molecule has 0 rings (SSSR count). The lowest BCUT2D eigenvalue weighted by molar-refractivity contribution is -0.120. The first-order valence-electron chi connectivity index (χ1n) is 5.50. The average Bonchev–Trinajstić information content (AvgIpc) is 2.16. The van der Waals surface area contributed by atoms with Gasteiger partial charge in [-0.05, 0) is 12.8 Å². The van der Waals surface area contributed by atoms with Crippen LogP contribution in [-0.2, 0) is 4.79 Å². The van der Waals surface area contributed by atoms with Gasteiger partial charge in [-0.25, -0.2) is 0 Å². The van der Waals surface area contributed by atoms with E-state index in [1.54, 1.807) is 0 Å². The number of unbranched alkanes of at least 4 members (excludes halogenated alkanes) is 4. The Hall–Kier alpha value is -0.370. The van der Waals surface area contributed by atoms with Crippen LogP contribution >= 0.6 is 0 Å². The van der Waals surface area contributed by atoms with Crippen molar-refractivity contribution in [3.63, 3.8) is 0 Å². The Labute approximate surface area is 81.9 Å². The van der Waals surface area contributed by atoms with Gasteiger partial charge in [0.25, 0.3) is 0 Å². The predicted molar refractivity (Wildman–Crippen MR) is 56.6 cm³/mol. The number of hydrogen-bond acceptors (Lipinski definition) is 2. The summed E-state index contributed by atoms with van der Waals surface area (Å²) in [5, 5.41) is 0. The van der Waals surface area contributed by atoms with Crippen molar-refractivity contribution < 1.29 is 4.79 Å². The molecule has 0 aromatic rings. The molecule has 2 nitrogen and oxygen atoms in total. The Bertz CT molecular complexity index is 134. The van der Waals surface area contributed by atoms with Gasteiger partial charge in [0.2, 0.25) is 0 Å². The van der Waals surface area contributed by atoms with Crippen LogP contribution in [-0.4, -0.2) is 11.8 Å². The number of rotatable bonds is 8. The molecule has 0 spiro atoms. The van der Waals surface area contributed by atoms with Crippen LogP contribution in [0.3, 0.4) is 0 Å². The van der Waals surface area contributed by atoms with Crippen molar-refractivity contribution in [2.75, 3.05) is 0 Å². The molecular weight excluding hydrogens is 162 g/mol. The Morgan fingerprint density at radius 1 is 1.15 bits per heavy atom. The zero-order valence-electron chi connectivity index (χ0n) is 9.01. The van der Waals surface area contributed by atoms with E-state index in [1.807, 2.05) is 6.92 Å². The molecule has 1 unspecified atom stereocenters. The van der Waals surface area contributed by atoms with Gasteiger partial charge in [0.05, 0.1) is 6.04 Å². The van der Waals surface area contributed by atoms with Crippen LogP contribution in [0.4, 0.5) is 0 Å². The van der Waals surface area contributed by atoms with Crippen molar-refractivity contribution >= 4 is 5.78 Å². The van der Waals surface area contributed by atoms with Crippen molar-refractivity contribution in [2.45, 2.75) is 64.8 Å². The van der Waals surface area contributed by atoms with Gasteiger partial charge in [0, 0.05) is 6.42 Å². The molecule has 2 heteroatoms. The van der Waals surface area contributed by atoms with Crippen LogP contribution in [0.25, 0.3) is 0 Å². The first kappa shape index (κ1) is 12.6. The average molecular weight is 185 g/mol. The minimum Gasteiger partial charge on any atom is -0.322 e. The molecule has 0 aromatic heterocycles. The zero-order chi connectivity index (χ0) is 10.1. The second-order valence-corrected chi connectivity index (χ2v) is 3.65. The maximum absolute atomic E-state index is 11.3. The van der Waals surface area contributed by atoms with Crippen molar-refractivity contribution in [3.8, 4) is 0 Å². The Morgan fingerprint density at radius 2 is 1.77 bits per heavy atom. The fourth-order valence-corrected chi connectivity index (χ4v) is 1.32. The summed E-state index contributed by atoms with van der Waals surface area (Å²) in [7, 11) is 0. The SMILES string of the molecule is CCCCCCCC(=O)C(N)CC. The summed E-state index contributed by atoms with van der Waals surface area (Å²) in [6, 6.07) is -0.217. The fourth-order valence-electron chi connectivity index (χ4n) is 1.32. The molecule has 0 aliphatic carbocycles. The van der Waals surface area contributed by atoms with Gasteiger partial charge in [-0.15, -0.1) is 0 Å². The summed E-state index contributed by atoms with van der Waals surface area (Å²) in [6.07, 6.45) is 7.44. The summed E-state index contributed by atoms with van der Waals surface area (Å²) in [5.41, 5.74) is 5.61. The van der Waals surface area contributed by atoms with Crippen LogP contribution in [0.15, 0.2) is 0 Å². The summed E-state index contributed by atoms with van der Waals surface area (Å²) in [4.78, 5) is 11.3. The van der Waals surface area contributed by atoms with E-state index >= 15 is 0 Å². The second-order valence-electron chi connectivity index (χ2n) is 3.65. The van der Waals surface area contributed by atoms with Gasteiger partial charge in [0.15, 0.2) is 0 Å². The highest BCUT2D eigenvalue weighted by Crippen LogP contribution is 2.06. The summed E-state index contributed by atoms with van der Waals surface area (Å²) in [5.74, 6) is 0.235. The van der Waals surface area contributed by atoms with Crippen LogP contribution in [0.2, 0.25) is 0 Å². The van der Waals surface area contributed by atoms with Crippen molar-refractivity contribution in [1.82, 2.24) is 0 Å². The predicted octanol–water partition coefficient (Wildman–Crippen LogP) is 2.65. The lowest BCUT2D eigenvalue weighted by atomic mass is 10.0. The molecule has 0 bridgehead atoms. The molecule has 0 heterocycles. The highest BCUT2D eigenvalue weighted by molar-refractivity contribution is 5.83. The molecular formula is C11H23NO.